The van der Waals surface area contributed by atoms with Crippen molar-refractivity contribution in [3.8, 4) is 0 Å². The molecule has 0 N–H and O–H groups in total. The van der Waals surface area contributed by atoms with E-state index in [1.165, 1.54) is 5.56 Å². The summed E-state index contributed by atoms with van der Waals surface area (Å²) in [6.45, 7) is 7.08. The molecule has 0 aliphatic carbocycles. The molecular weight excluding hydrogens is 369 g/mol. The minimum atomic E-state index is 0.0795. The molecule has 2 heterocycles. The first-order valence-electron chi connectivity index (χ1n) is 8.88. The van der Waals surface area contributed by atoms with Crippen LogP contribution in [0, 0.1) is 5.92 Å². The maximum Gasteiger partial charge on any atom is 0.253 e. The molecule has 0 spiro atoms. The van der Waals surface area contributed by atoms with E-state index in [9.17, 15) is 4.79 Å². The lowest BCUT2D eigenvalue weighted by atomic mass is 10.0. The van der Waals surface area contributed by atoms with Crippen molar-refractivity contribution in [3.63, 3.8) is 0 Å². The second-order valence-corrected chi connectivity index (χ2v) is 7.88. The number of amides is 1. The summed E-state index contributed by atoms with van der Waals surface area (Å²) in [4.78, 5) is 21.0. The number of hydrogen-bond acceptors (Lipinski definition) is 3. The molecule has 1 fully saturated rings. The number of halogens is 2. The molecule has 6 heteroatoms. The first-order chi connectivity index (χ1) is 12.4. The van der Waals surface area contributed by atoms with Gasteiger partial charge in [0.2, 0.25) is 0 Å². The van der Waals surface area contributed by atoms with Gasteiger partial charge < -0.3 is 9.80 Å². The third kappa shape index (κ3) is 4.49. The van der Waals surface area contributed by atoms with E-state index < -0.39 is 0 Å². The van der Waals surface area contributed by atoms with Crippen molar-refractivity contribution in [2.24, 2.45) is 5.92 Å². The Balaban J connectivity index is 1.61. The molecule has 138 valence electrons. The number of rotatable bonds is 4. The molecule has 3 rings (SSSR count). The van der Waals surface area contributed by atoms with E-state index in [4.69, 9.17) is 23.2 Å². The highest BCUT2D eigenvalue weighted by atomic mass is 35.5. The normalized spacial score (nSPS) is 14.8. The van der Waals surface area contributed by atoms with E-state index in [2.05, 4.69) is 35.9 Å². The van der Waals surface area contributed by atoms with Crippen LogP contribution in [0.2, 0.25) is 10.0 Å². The third-order valence-electron chi connectivity index (χ3n) is 4.50. The molecule has 0 saturated carbocycles. The molecule has 4 nitrogen and oxygen atoms in total. The van der Waals surface area contributed by atoms with E-state index in [1.807, 2.05) is 17.0 Å². The van der Waals surface area contributed by atoms with Gasteiger partial charge in [0.15, 0.2) is 0 Å². The summed E-state index contributed by atoms with van der Waals surface area (Å²) < 4.78 is 0. The molecule has 1 aromatic heterocycles. The van der Waals surface area contributed by atoms with E-state index in [0.717, 1.165) is 17.8 Å². The second-order valence-electron chi connectivity index (χ2n) is 7.03. The van der Waals surface area contributed by atoms with Gasteiger partial charge in [0.05, 0.1) is 10.0 Å². The maximum atomic E-state index is 12.7. The number of piperazine rings is 1. The fraction of sp³-hybridized carbons (Fsp3) is 0.400. The van der Waals surface area contributed by atoms with Gasteiger partial charge in [-0.2, -0.15) is 0 Å². The molecule has 0 unspecified atom stereocenters. The van der Waals surface area contributed by atoms with Crippen LogP contribution in [0.3, 0.4) is 0 Å². The monoisotopic (exact) mass is 391 g/mol. The molecule has 1 saturated heterocycles. The smallest absolute Gasteiger partial charge is 0.253 e. The third-order valence-corrected chi connectivity index (χ3v) is 4.98. The Morgan fingerprint density at radius 2 is 1.77 bits per heavy atom. The van der Waals surface area contributed by atoms with Crippen molar-refractivity contribution in [2.75, 3.05) is 31.1 Å². The van der Waals surface area contributed by atoms with Gasteiger partial charge in [0, 0.05) is 37.9 Å². The highest BCUT2D eigenvalue weighted by Crippen LogP contribution is 2.27. The van der Waals surface area contributed by atoms with Crippen LogP contribution in [-0.4, -0.2) is 42.0 Å². The maximum absolute atomic E-state index is 12.7. The van der Waals surface area contributed by atoms with Gasteiger partial charge in [-0.05, 0) is 36.1 Å². The molecule has 1 amide bonds. The Morgan fingerprint density at radius 1 is 1.12 bits per heavy atom. The lowest BCUT2D eigenvalue weighted by Crippen LogP contribution is -2.49. The molecule has 0 radical (unpaired) electrons. The molecular formula is C20H23Cl2N3O. The highest BCUT2D eigenvalue weighted by molar-refractivity contribution is 6.36. The first-order valence-corrected chi connectivity index (χ1v) is 9.64. The van der Waals surface area contributed by atoms with Crippen LogP contribution in [0.4, 0.5) is 5.82 Å². The van der Waals surface area contributed by atoms with Crippen LogP contribution in [-0.2, 0) is 6.42 Å². The van der Waals surface area contributed by atoms with Gasteiger partial charge in [-0.3, -0.25) is 4.79 Å². The first kappa shape index (κ1) is 19.0. The van der Waals surface area contributed by atoms with Gasteiger partial charge in [-0.25, -0.2) is 4.98 Å². The van der Waals surface area contributed by atoms with Crippen molar-refractivity contribution < 1.29 is 4.79 Å². The van der Waals surface area contributed by atoms with Crippen LogP contribution in [0.25, 0.3) is 0 Å². The Bertz CT molecular complexity index is 769. The number of benzene rings is 1. The zero-order chi connectivity index (χ0) is 18.7. The van der Waals surface area contributed by atoms with Gasteiger partial charge in [0.25, 0.3) is 5.91 Å². The number of anilines is 1. The molecule has 0 atom stereocenters. The van der Waals surface area contributed by atoms with E-state index in [1.54, 1.807) is 12.3 Å². The molecule has 2 aromatic rings. The van der Waals surface area contributed by atoms with Crippen LogP contribution in [0.5, 0.6) is 0 Å². The predicted molar refractivity (Wildman–Crippen MR) is 107 cm³/mol. The van der Waals surface area contributed by atoms with Crippen molar-refractivity contribution in [2.45, 2.75) is 20.3 Å². The van der Waals surface area contributed by atoms with Crippen molar-refractivity contribution in [1.29, 1.82) is 0 Å². The Hall–Kier alpha value is -1.78. The molecule has 0 bridgehead atoms. The van der Waals surface area contributed by atoms with Crippen LogP contribution in [0.15, 0.2) is 36.5 Å². The van der Waals surface area contributed by atoms with E-state index in [-0.39, 0.29) is 5.91 Å². The number of nitrogens with zero attached hydrogens (tertiary/aromatic N) is 3. The topological polar surface area (TPSA) is 36.4 Å². The summed E-state index contributed by atoms with van der Waals surface area (Å²) in [5.74, 6) is 1.41. The van der Waals surface area contributed by atoms with Crippen molar-refractivity contribution in [1.82, 2.24) is 9.88 Å². The number of hydrogen-bond donors (Lipinski definition) is 0. The minimum absolute atomic E-state index is 0.0795. The quantitative estimate of drug-likeness (QED) is 0.766. The summed E-state index contributed by atoms with van der Waals surface area (Å²) in [7, 11) is 0. The standard InChI is InChI=1S/C20H23Cl2N3O/c1-14(2)11-15-3-5-16(6-4-15)20(26)25-9-7-24(8-10-25)19-18(22)12-17(21)13-23-19/h3-6,12-14H,7-11H2,1-2H3. The van der Waals surface area contributed by atoms with Crippen molar-refractivity contribution in [3.05, 3.63) is 57.7 Å². The van der Waals surface area contributed by atoms with Gasteiger partial charge in [-0.1, -0.05) is 49.2 Å². The summed E-state index contributed by atoms with van der Waals surface area (Å²) in [5, 5.41) is 1.06. The predicted octanol–water partition coefficient (Wildman–Crippen LogP) is 4.55. The van der Waals surface area contributed by atoms with Crippen LogP contribution in [0.1, 0.15) is 29.8 Å². The van der Waals surface area contributed by atoms with E-state index >= 15 is 0 Å². The summed E-state index contributed by atoms with van der Waals surface area (Å²) >= 11 is 12.1. The fourth-order valence-corrected chi connectivity index (χ4v) is 3.70. The Kier molecular flexibility index (Phi) is 6.05. The summed E-state index contributed by atoms with van der Waals surface area (Å²) in [5.41, 5.74) is 2.01. The second kappa shape index (κ2) is 8.28. The summed E-state index contributed by atoms with van der Waals surface area (Å²) in [6.07, 6.45) is 2.63. The molecule has 1 aromatic carbocycles. The Morgan fingerprint density at radius 3 is 2.35 bits per heavy atom. The summed E-state index contributed by atoms with van der Waals surface area (Å²) in [6, 6.07) is 9.68. The fourth-order valence-electron chi connectivity index (χ4n) is 3.20. The van der Waals surface area contributed by atoms with Gasteiger partial charge in [-0.15, -0.1) is 0 Å². The number of carbonyl (C=O) groups excluding carboxylic acids is 1. The largest absolute Gasteiger partial charge is 0.352 e. The minimum Gasteiger partial charge on any atom is -0.352 e. The lowest BCUT2D eigenvalue weighted by Gasteiger charge is -2.35. The average molecular weight is 392 g/mol. The lowest BCUT2D eigenvalue weighted by molar-refractivity contribution is 0.0746. The zero-order valence-electron chi connectivity index (χ0n) is 15.1. The SMILES string of the molecule is CC(C)Cc1ccc(C(=O)N2CCN(c3ncc(Cl)cc3Cl)CC2)cc1. The zero-order valence-corrected chi connectivity index (χ0v) is 16.6. The van der Waals surface area contributed by atoms with Crippen molar-refractivity contribution >= 4 is 34.9 Å². The molecule has 1 aliphatic rings. The van der Waals surface area contributed by atoms with E-state index in [0.29, 0.717) is 42.1 Å². The molecule has 1 aliphatic heterocycles. The molecule has 26 heavy (non-hydrogen) atoms. The van der Waals surface area contributed by atoms with Crippen LogP contribution >= 0.6 is 23.2 Å². The Labute approximate surface area is 164 Å². The number of pyridine rings is 1. The number of aromatic nitrogens is 1. The van der Waals surface area contributed by atoms with Crippen LogP contribution < -0.4 is 4.90 Å². The average Bonchev–Trinajstić information content (AvgIpc) is 2.61. The highest BCUT2D eigenvalue weighted by Gasteiger charge is 2.24. The van der Waals surface area contributed by atoms with Gasteiger partial charge >= 0.3 is 0 Å². The van der Waals surface area contributed by atoms with Gasteiger partial charge in [0.1, 0.15) is 5.82 Å². The number of carbonyl (C=O) groups is 1.